The lowest BCUT2D eigenvalue weighted by Gasteiger charge is -2.17. The molecule has 0 unspecified atom stereocenters. The first-order valence-corrected chi connectivity index (χ1v) is 19.3. The maximum Gasteiger partial charge on any atom is 0.200 e. The minimum Gasteiger partial charge on any atom is -0.493 e. The van der Waals surface area contributed by atoms with E-state index in [0.29, 0.717) is 35.2 Å². The Kier molecular flexibility index (Phi) is 19.6. The Morgan fingerprint density at radius 2 is 0.830 bits per heavy atom. The van der Waals surface area contributed by atoms with Crippen molar-refractivity contribution in [1.82, 2.24) is 9.80 Å². The molecule has 6 heteroatoms. The van der Waals surface area contributed by atoms with Gasteiger partial charge in [-0.2, -0.15) is 0 Å². The van der Waals surface area contributed by atoms with Gasteiger partial charge in [0.05, 0.1) is 24.0 Å². The highest BCUT2D eigenvalue weighted by Gasteiger charge is 2.10. The third kappa shape index (κ3) is 14.6. The van der Waals surface area contributed by atoms with Gasteiger partial charge in [-0.25, -0.2) is 0 Å². The van der Waals surface area contributed by atoms with Gasteiger partial charge in [-0.05, 0) is 89.2 Å². The van der Waals surface area contributed by atoms with Crippen molar-refractivity contribution in [2.24, 2.45) is 0 Å². The molecular formula is C41H66N2O4. The molecule has 1 heterocycles. The predicted octanol–water partition coefficient (Wildman–Crippen LogP) is 10.6. The molecule has 0 saturated heterocycles. The summed E-state index contributed by atoms with van der Waals surface area (Å²) >= 11 is 0. The van der Waals surface area contributed by atoms with Crippen LogP contribution in [0.15, 0.2) is 45.6 Å². The van der Waals surface area contributed by atoms with Crippen molar-refractivity contribution in [3.05, 3.63) is 46.6 Å². The van der Waals surface area contributed by atoms with E-state index in [0.717, 1.165) is 50.5 Å². The quantitative estimate of drug-likeness (QED) is 0.0576. The largest absolute Gasteiger partial charge is 0.493 e. The molecule has 0 saturated carbocycles. The van der Waals surface area contributed by atoms with Crippen molar-refractivity contribution < 1.29 is 13.9 Å². The van der Waals surface area contributed by atoms with Crippen LogP contribution in [0.1, 0.15) is 130 Å². The fourth-order valence-corrected chi connectivity index (χ4v) is 6.45. The van der Waals surface area contributed by atoms with Gasteiger partial charge < -0.3 is 23.7 Å². The summed E-state index contributed by atoms with van der Waals surface area (Å²) in [5, 5.41) is 1.17. The normalized spacial score (nSPS) is 11.8. The second-order valence-corrected chi connectivity index (χ2v) is 13.2. The molecule has 0 radical (unpaired) electrons. The standard InChI is InChI=1S/C41H66N2O4/c1-5-42(6-2)29-21-17-13-9-11-15-19-23-31-45-35-25-27-37-39(33-35)47-40-34-36(26-28-38(40)41(37)44)46-32-24-20-16-12-10-14-18-22-30-43(7-3)8-4/h25-28,33-34H,5-24,29-32H2,1-4H3. The van der Waals surface area contributed by atoms with Crippen LogP contribution in [0, 0.1) is 0 Å². The molecule has 0 spiro atoms. The molecular weight excluding hydrogens is 584 g/mol. The molecule has 3 aromatic rings. The van der Waals surface area contributed by atoms with Gasteiger partial charge in [0.15, 0.2) is 0 Å². The summed E-state index contributed by atoms with van der Waals surface area (Å²) in [4.78, 5) is 18.2. The van der Waals surface area contributed by atoms with Gasteiger partial charge >= 0.3 is 0 Å². The molecule has 0 atom stereocenters. The summed E-state index contributed by atoms with van der Waals surface area (Å²) in [6.45, 7) is 17.5. The molecule has 0 bridgehead atoms. The lowest BCUT2D eigenvalue weighted by molar-refractivity contribution is 0.294. The number of benzene rings is 2. The third-order valence-corrected chi connectivity index (χ3v) is 9.68. The summed E-state index contributed by atoms with van der Waals surface area (Å²) in [6, 6.07) is 11.1. The van der Waals surface area contributed by atoms with E-state index in [1.807, 2.05) is 36.4 Å². The van der Waals surface area contributed by atoms with E-state index < -0.39 is 0 Å². The number of hydrogen-bond donors (Lipinski definition) is 0. The first kappa shape index (κ1) is 38.9. The Morgan fingerprint density at radius 1 is 0.489 bits per heavy atom. The number of ether oxygens (including phenoxy) is 2. The van der Waals surface area contributed by atoms with E-state index in [2.05, 4.69) is 37.5 Å². The van der Waals surface area contributed by atoms with Gasteiger partial charge in [-0.1, -0.05) is 105 Å². The van der Waals surface area contributed by atoms with Gasteiger partial charge in [0, 0.05) is 12.1 Å². The smallest absolute Gasteiger partial charge is 0.200 e. The molecule has 47 heavy (non-hydrogen) atoms. The van der Waals surface area contributed by atoms with E-state index in [-0.39, 0.29) is 5.43 Å². The Labute approximate surface area is 286 Å². The SMILES string of the molecule is CCN(CC)CCCCCCCCCCOc1ccc2c(=O)c3ccc(OCCCCCCCCCCN(CC)CC)cc3oc2c1. The zero-order valence-electron chi connectivity index (χ0n) is 30.5. The Bertz CT molecular complexity index is 1200. The molecule has 0 N–H and O–H groups in total. The monoisotopic (exact) mass is 651 g/mol. The van der Waals surface area contributed by atoms with Crippen molar-refractivity contribution >= 4 is 21.9 Å². The first-order chi connectivity index (χ1) is 23.1. The minimum atomic E-state index is -0.0135. The lowest BCUT2D eigenvalue weighted by atomic mass is 10.1. The van der Waals surface area contributed by atoms with Crippen molar-refractivity contribution in [2.75, 3.05) is 52.5 Å². The van der Waals surface area contributed by atoms with Crippen LogP contribution in [-0.4, -0.2) is 62.3 Å². The molecule has 0 amide bonds. The highest BCUT2D eigenvalue weighted by atomic mass is 16.5. The van der Waals surface area contributed by atoms with Gasteiger partial charge in [0.25, 0.3) is 0 Å². The summed E-state index contributed by atoms with van der Waals surface area (Å²) in [7, 11) is 0. The van der Waals surface area contributed by atoms with Crippen LogP contribution in [0.25, 0.3) is 21.9 Å². The van der Waals surface area contributed by atoms with E-state index in [9.17, 15) is 4.79 Å². The van der Waals surface area contributed by atoms with Gasteiger partial charge in [-0.15, -0.1) is 0 Å². The van der Waals surface area contributed by atoms with Crippen LogP contribution in [0.5, 0.6) is 11.5 Å². The zero-order chi connectivity index (χ0) is 33.5. The van der Waals surface area contributed by atoms with Crippen LogP contribution < -0.4 is 14.9 Å². The van der Waals surface area contributed by atoms with E-state index >= 15 is 0 Å². The first-order valence-electron chi connectivity index (χ1n) is 19.3. The molecule has 0 aliphatic rings. The van der Waals surface area contributed by atoms with Crippen LogP contribution in [0.4, 0.5) is 0 Å². The minimum absolute atomic E-state index is 0.0135. The number of nitrogens with zero attached hydrogens (tertiary/aromatic N) is 2. The van der Waals surface area contributed by atoms with Gasteiger partial charge in [0.1, 0.15) is 22.7 Å². The summed E-state index contributed by atoms with van der Waals surface area (Å²) in [5.41, 5.74) is 1.11. The summed E-state index contributed by atoms with van der Waals surface area (Å²) in [6.07, 6.45) is 20.3. The average molecular weight is 651 g/mol. The highest BCUT2D eigenvalue weighted by Crippen LogP contribution is 2.26. The van der Waals surface area contributed by atoms with E-state index in [4.69, 9.17) is 13.9 Å². The van der Waals surface area contributed by atoms with Crippen LogP contribution in [0.3, 0.4) is 0 Å². The molecule has 3 rings (SSSR count). The van der Waals surface area contributed by atoms with E-state index in [1.165, 1.54) is 103 Å². The van der Waals surface area contributed by atoms with Crippen molar-refractivity contribution in [2.45, 2.75) is 130 Å². The van der Waals surface area contributed by atoms with Gasteiger partial charge in [-0.3, -0.25) is 4.79 Å². The molecule has 0 aliphatic heterocycles. The summed E-state index contributed by atoms with van der Waals surface area (Å²) < 4.78 is 18.3. The fraction of sp³-hybridized carbons (Fsp3) is 0.683. The number of fused-ring (bicyclic) bond motifs is 2. The van der Waals surface area contributed by atoms with E-state index in [1.54, 1.807) is 0 Å². The third-order valence-electron chi connectivity index (χ3n) is 9.68. The maximum absolute atomic E-state index is 13.2. The van der Waals surface area contributed by atoms with Gasteiger partial charge in [0.2, 0.25) is 5.43 Å². The second-order valence-electron chi connectivity index (χ2n) is 13.2. The van der Waals surface area contributed by atoms with Crippen LogP contribution >= 0.6 is 0 Å². The molecule has 2 aromatic carbocycles. The fourth-order valence-electron chi connectivity index (χ4n) is 6.45. The number of unbranched alkanes of at least 4 members (excludes halogenated alkanes) is 14. The summed E-state index contributed by atoms with van der Waals surface area (Å²) in [5.74, 6) is 1.50. The second kappa shape index (κ2) is 23.7. The number of hydrogen-bond acceptors (Lipinski definition) is 6. The number of rotatable bonds is 28. The molecule has 264 valence electrons. The average Bonchev–Trinajstić information content (AvgIpc) is 3.09. The Hall–Kier alpha value is -2.57. The predicted molar refractivity (Wildman–Crippen MR) is 200 cm³/mol. The van der Waals surface area contributed by atoms with Crippen LogP contribution in [-0.2, 0) is 0 Å². The molecule has 6 nitrogen and oxygen atoms in total. The molecule has 0 fully saturated rings. The lowest BCUT2D eigenvalue weighted by Crippen LogP contribution is -2.23. The Balaban J connectivity index is 1.32. The zero-order valence-corrected chi connectivity index (χ0v) is 30.5. The molecule has 1 aromatic heterocycles. The Morgan fingerprint density at radius 3 is 1.19 bits per heavy atom. The highest BCUT2D eigenvalue weighted by molar-refractivity contribution is 5.90. The molecule has 0 aliphatic carbocycles. The van der Waals surface area contributed by atoms with Crippen molar-refractivity contribution in [3.8, 4) is 11.5 Å². The topological polar surface area (TPSA) is 55.1 Å². The maximum atomic E-state index is 13.2. The van der Waals surface area contributed by atoms with Crippen molar-refractivity contribution in [3.63, 3.8) is 0 Å². The van der Waals surface area contributed by atoms with Crippen molar-refractivity contribution in [1.29, 1.82) is 0 Å². The van der Waals surface area contributed by atoms with Crippen LogP contribution in [0.2, 0.25) is 0 Å².